The van der Waals surface area contributed by atoms with Crippen LogP contribution in [-0.4, -0.2) is 10.9 Å². The van der Waals surface area contributed by atoms with Gasteiger partial charge >= 0.3 is 0 Å². The highest BCUT2D eigenvalue weighted by molar-refractivity contribution is 6.05. The van der Waals surface area contributed by atoms with E-state index in [2.05, 4.69) is 24.1 Å². The van der Waals surface area contributed by atoms with E-state index in [1.54, 1.807) is 12.1 Å². The van der Waals surface area contributed by atoms with E-state index in [9.17, 15) is 4.79 Å². The number of amides is 1. The molecule has 2 aromatic rings. The standard InChI is InChI=1S/C17H21N3O/c1-4-12-7-6-8-13(5-2)16(12)20-17(21)14-9-11(3)19-15(18)10-14/h6-10H,4-5H2,1-3H3,(H2,18,19)(H,20,21). The van der Waals surface area contributed by atoms with Crippen LogP contribution >= 0.6 is 0 Å². The van der Waals surface area contributed by atoms with Crippen molar-refractivity contribution < 1.29 is 4.79 Å². The molecule has 4 heteroatoms. The molecule has 1 heterocycles. The summed E-state index contributed by atoms with van der Waals surface area (Å²) in [7, 11) is 0. The van der Waals surface area contributed by atoms with E-state index < -0.39 is 0 Å². The van der Waals surface area contributed by atoms with Gasteiger partial charge in [-0.05, 0) is 43.0 Å². The maximum absolute atomic E-state index is 12.5. The SMILES string of the molecule is CCc1cccc(CC)c1NC(=O)c1cc(C)nc(N)c1. The van der Waals surface area contributed by atoms with Crippen LogP contribution < -0.4 is 11.1 Å². The number of hydrogen-bond acceptors (Lipinski definition) is 3. The van der Waals surface area contributed by atoms with Crippen molar-refractivity contribution in [3.63, 3.8) is 0 Å². The number of nitrogen functional groups attached to an aromatic ring is 1. The highest BCUT2D eigenvalue weighted by Crippen LogP contribution is 2.23. The fourth-order valence-electron chi connectivity index (χ4n) is 2.41. The van der Waals surface area contributed by atoms with Gasteiger partial charge in [0.2, 0.25) is 0 Å². The molecule has 4 nitrogen and oxygen atoms in total. The molecule has 110 valence electrons. The van der Waals surface area contributed by atoms with Crippen molar-refractivity contribution in [2.75, 3.05) is 11.1 Å². The third kappa shape index (κ3) is 3.40. The molecule has 1 amide bonds. The number of rotatable bonds is 4. The zero-order valence-electron chi connectivity index (χ0n) is 12.7. The molecule has 21 heavy (non-hydrogen) atoms. The van der Waals surface area contributed by atoms with Crippen LogP contribution in [0, 0.1) is 6.92 Å². The second kappa shape index (κ2) is 6.39. The number of nitrogens with one attached hydrogen (secondary N) is 1. The lowest BCUT2D eigenvalue weighted by atomic mass is 10.0. The number of aromatic nitrogens is 1. The van der Waals surface area contributed by atoms with Gasteiger partial charge in [-0.3, -0.25) is 4.79 Å². The minimum absolute atomic E-state index is 0.150. The number of carbonyl (C=O) groups is 1. The van der Waals surface area contributed by atoms with Crippen molar-refractivity contribution in [1.82, 2.24) is 4.98 Å². The van der Waals surface area contributed by atoms with Crippen LogP contribution in [0.3, 0.4) is 0 Å². The molecule has 2 rings (SSSR count). The van der Waals surface area contributed by atoms with Crippen LogP contribution in [-0.2, 0) is 12.8 Å². The van der Waals surface area contributed by atoms with E-state index in [1.165, 1.54) is 0 Å². The van der Waals surface area contributed by atoms with E-state index in [1.807, 2.05) is 25.1 Å². The molecule has 0 aliphatic rings. The predicted molar refractivity (Wildman–Crippen MR) is 86.5 cm³/mol. The highest BCUT2D eigenvalue weighted by atomic mass is 16.1. The van der Waals surface area contributed by atoms with E-state index in [4.69, 9.17) is 5.73 Å². The summed E-state index contributed by atoms with van der Waals surface area (Å²) in [6.07, 6.45) is 1.75. The molecule has 3 N–H and O–H groups in total. The zero-order chi connectivity index (χ0) is 15.4. The number of nitrogens with two attached hydrogens (primary N) is 1. The van der Waals surface area contributed by atoms with Gasteiger partial charge in [0, 0.05) is 16.9 Å². The van der Waals surface area contributed by atoms with Crippen molar-refractivity contribution in [1.29, 1.82) is 0 Å². The third-order valence-corrected chi connectivity index (χ3v) is 3.47. The molecular formula is C17H21N3O. The first-order chi connectivity index (χ1) is 10.0. The van der Waals surface area contributed by atoms with Crippen LogP contribution in [0.1, 0.15) is 41.0 Å². The number of nitrogens with zero attached hydrogens (tertiary/aromatic N) is 1. The number of carbonyl (C=O) groups excluding carboxylic acids is 1. The molecule has 0 fully saturated rings. The third-order valence-electron chi connectivity index (χ3n) is 3.47. The average molecular weight is 283 g/mol. The summed E-state index contributed by atoms with van der Waals surface area (Å²) >= 11 is 0. The Morgan fingerprint density at radius 2 is 1.81 bits per heavy atom. The van der Waals surface area contributed by atoms with Gasteiger partial charge in [0.25, 0.3) is 5.91 Å². The molecule has 0 radical (unpaired) electrons. The average Bonchev–Trinajstić information content (AvgIpc) is 2.46. The van der Waals surface area contributed by atoms with Crippen molar-refractivity contribution in [3.05, 3.63) is 52.7 Å². The summed E-state index contributed by atoms with van der Waals surface area (Å²) in [6, 6.07) is 9.46. The van der Waals surface area contributed by atoms with Crippen LogP contribution in [0.25, 0.3) is 0 Å². The largest absolute Gasteiger partial charge is 0.384 e. The first-order valence-electron chi connectivity index (χ1n) is 7.21. The number of anilines is 2. The zero-order valence-corrected chi connectivity index (χ0v) is 12.7. The summed E-state index contributed by atoms with van der Waals surface area (Å²) in [5.74, 6) is 0.211. The van der Waals surface area contributed by atoms with Gasteiger partial charge in [-0.1, -0.05) is 32.0 Å². The molecule has 0 aliphatic carbocycles. The van der Waals surface area contributed by atoms with E-state index in [0.717, 1.165) is 35.3 Å². The number of pyridine rings is 1. The number of para-hydroxylation sites is 1. The lowest BCUT2D eigenvalue weighted by Gasteiger charge is -2.14. The Morgan fingerprint density at radius 1 is 1.19 bits per heavy atom. The van der Waals surface area contributed by atoms with Crippen LogP contribution in [0.2, 0.25) is 0 Å². The Bertz CT molecular complexity index is 623. The maximum Gasteiger partial charge on any atom is 0.255 e. The summed E-state index contributed by atoms with van der Waals surface area (Å²) < 4.78 is 0. The summed E-state index contributed by atoms with van der Waals surface area (Å²) in [5, 5.41) is 3.03. The topological polar surface area (TPSA) is 68.0 Å². The van der Waals surface area contributed by atoms with E-state index in [0.29, 0.717) is 11.4 Å². The maximum atomic E-state index is 12.5. The van der Waals surface area contributed by atoms with Crippen LogP contribution in [0.5, 0.6) is 0 Å². The Morgan fingerprint density at radius 3 is 2.33 bits per heavy atom. The van der Waals surface area contributed by atoms with Gasteiger partial charge in [0.05, 0.1) is 0 Å². The monoisotopic (exact) mass is 283 g/mol. The van der Waals surface area contributed by atoms with Gasteiger partial charge in [0.15, 0.2) is 0 Å². The van der Waals surface area contributed by atoms with Crippen LogP contribution in [0.4, 0.5) is 11.5 Å². The lowest BCUT2D eigenvalue weighted by molar-refractivity contribution is 0.102. The molecule has 0 aliphatic heterocycles. The van der Waals surface area contributed by atoms with Gasteiger partial charge in [-0.15, -0.1) is 0 Å². The minimum Gasteiger partial charge on any atom is -0.384 e. The second-order valence-electron chi connectivity index (χ2n) is 5.03. The Hall–Kier alpha value is -2.36. The number of hydrogen-bond donors (Lipinski definition) is 2. The molecule has 0 saturated carbocycles. The van der Waals surface area contributed by atoms with Gasteiger partial charge in [-0.25, -0.2) is 4.98 Å². The first kappa shape index (κ1) is 15.0. The summed E-state index contributed by atoms with van der Waals surface area (Å²) in [6.45, 7) is 5.99. The fraction of sp³-hybridized carbons (Fsp3) is 0.294. The van der Waals surface area contributed by atoms with Gasteiger partial charge < -0.3 is 11.1 Å². The van der Waals surface area contributed by atoms with Crippen molar-refractivity contribution in [2.45, 2.75) is 33.6 Å². The minimum atomic E-state index is -0.150. The molecule has 0 bridgehead atoms. The Balaban J connectivity index is 2.35. The molecule has 1 aromatic carbocycles. The predicted octanol–water partition coefficient (Wildman–Crippen LogP) is 3.35. The van der Waals surface area contributed by atoms with Crippen molar-refractivity contribution >= 4 is 17.4 Å². The Kier molecular flexibility index (Phi) is 4.58. The fourth-order valence-corrected chi connectivity index (χ4v) is 2.41. The quantitative estimate of drug-likeness (QED) is 0.904. The number of aryl methyl sites for hydroxylation is 3. The lowest BCUT2D eigenvalue weighted by Crippen LogP contribution is -2.15. The van der Waals surface area contributed by atoms with Gasteiger partial charge in [0.1, 0.15) is 5.82 Å². The summed E-state index contributed by atoms with van der Waals surface area (Å²) in [5.41, 5.74) is 10.2. The molecule has 0 spiro atoms. The Labute approximate surface area is 125 Å². The van der Waals surface area contributed by atoms with Crippen molar-refractivity contribution in [2.24, 2.45) is 0 Å². The summed E-state index contributed by atoms with van der Waals surface area (Å²) in [4.78, 5) is 16.5. The molecule has 0 atom stereocenters. The van der Waals surface area contributed by atoms with Crippen molar-refractivity contribution in [3.8, 4) is 0 Å². The smallest absolute Gasteiger partial charge is 0.255 e. The molecule has 0 unspecified atom stereocenters. The van der Waals surface area contributed by atoms with Crippen LogP contribution in [0.15, 0.2) is 30.3 Å². The van der Waals surface area contributed by atoms with E-state index >= 15 is 0 Å². The molecular weight excluding hydrogens is 262 g/mol. The second-order valence-corrected chi connectivity index (χ2v) is 5.03. The number of benzene rings is 1. The van der Waals surface area contributed by atoms with E-state index in [-0.39, 0.29) is 5.91 Å². The highest BCUT2D eigenvalue weighted by Gasteiger charge is 2.12. The first-order valence-corrected chi connectivity index (χ1v) is 7.21. The van der Waals surface area contributed by atoms with Gasteiger partial charge in [-0.2, -0.15) is 0 Å². The normalized spacial score (nSPS) is 10.4. The molecule has 0 saturated heterocycles. The molecule has 1 aromatic heterocycles.